The molecular formula is C25H26O4S. The van der Waals surface area contributed by atoms with Crippen LogP contribution in [-0.4, -0.2) is 19.5 Å². The van der Waals surface area contributed by atoms with E-state index in [4.69, 9.17) is 14.2 Å². The Morgan fingerprint density at radius 3 is 2.40 bits per heavy atom. The molecule has 0 aliphatic carbocycles. The van der Waals surface area contributed by atoms with Gasteiger partial charge in [-0.25, -0.2) is 0 Å². The van der Waals surface area contributed by atoms with E-state index in [1.54, 1.807) is 24.5 Å². The lowest BCUT2D eigenvalue weighted by Gasteiger charge is -2.14. The molecule has 0 N–H and O–H groups in total. The second kappa shape index (κ2) is 10.6. The van der Waals surface area contributed by atoms with Gasteiger partial charge in [0.2, 0.25) is 0 Å². The second-order valence-electron chi connectivity index (χ2n) is 6.56. The lowest BCUT2D eigenvalue weighted by molar-refractivity contribution is 0.105. The summed E-state index contributed by atoms with van der Waals surface area (Å²) in [5.41, 5.74) is 1.80. The number of hydrogen-bond donors (Lipinski definition) is 0. The monoisotopic (exact) mass is 422 g/mol. The van der Waals surface area contributed by atoms with E-state index in [1.165, 1.54) is 4.88 Å². The van der Waals surface area contributed by atoms with Gasteiger partial charge in [0, 0.05) is 10.4 Å². The molecule has 0 bridgehead atoms. The minimum absolute atomic E-state index is 0.0129. The largest absolute Gasteiger partial charge is 0.496 e. The topological polar surface area (TPSA) is 44.8 Å². The molecule has 5 heteroatoms. The second-order valence-corrected chi connectivity index (χ2v) is 7.73. The van der Waals surface area contributed by atoms with E-state index in [9.17, 15) is 4.79 Å². The Morgan fingerprint density at radius 2 is 1.73 bits per heavy atom. The van der Waals surface area contributed by atoms with Gasteiger partial charge in [-0.05, 0) is 61.4 Å². The van der Waals surface area contributed by atoms with Crippen LogP contribution in [0.2, 0.25) is 0 Å². The number of ether oxygens (including phenoxy) is 3. The smallest absolute Gasteiger partial charge is 0.195 e. The molecule has 3 rings (SSSR count). The number of allylic oxidation sites excluding steroid dienone is 1. The Labute approximate surface area is 181 Å². The first kappa shape index (κ1) is 21.7. The number of ketones is 1. The van der Waals surface area contributed by atoms with Crippen molar-refractivity contribution < 1.29 is 19.0 Å². The molecule has 3 aromatic rings. The molecule has 156 valence electrons. The van der Waals surface area contributed by atoms with Gasteiger partial charge in [-0.3, -0.25) is 4.79 Å². The maximum atomic E-state index is 12.4. The van der Waals surface area contributed by atoms with Crippen LogP contribution in [0.1, 0.15) is 39.5 Å². The number of hydrogen-bond acceptors (Lipinski definition) is 5. The Hall–Kier alpha value is -3.05. The third kappa shape index (κ3) is 5.51. The van der Waals surface area contributed by atoms with Crippen molar-refractivity contribution in [1.82, 2.24) is 0 Å². The highest BCUT2D eigenvalue weighted by Crippen LogP contribution is 2.29. The van der Waals surface area contributed by atoms with Crippen LogP contribution >= 0.6 is 11.3 Å². The normalized spacial score (nSPS) is 10.9. The van der Waals surface area contributed by atoms with Gasteiger partial charge < -0.3 is 14.2 Å². The predicted octanol–water partition coefficient (Wildman–Crippen LogP) is 6.19. The van der Waals surface area contributed by atoms with Crippen LogP contribution < -0.4 is 14.2 Å². The fourth-order valence-corrected chi connectivity index (χ4v) is 3.84. The van der Waals surface area contributed by atoms with Crippen molar-refractivity contribution in [2.75, 3.05) is 13.7 Å². The standard InChI is InChI=1S/C25H26O4S/c1-4-20-12-15-25(30-20)21(26)13-10-18-11-14-22(27-3)19(16-18)17-29-24-9-7-6-8-23(24)28-5-2/h6-16H,4-5,17H2,1-3H3/b13-10+. The fraction of sp³-hybridized carbons (Fsp3) is 0.240. The van der Waals surface area contributed by atoms with Gasteiger partial charge in [0.15, 0.2) is 17.3 Å². The maximum absolute atomic E-state index is 12.4. The lowest BCUT2D eigenvalue weighted by Crippen LogP contribution is -2.01. The van der Waals surface area contributed by atoms with Crippen LogP contribution in [0.15, 0.2) is 60.7 Å². The van der Waals surface area contributed by atoms with E-state index in [2.05, 4.69) is 6.92 Å². The zero-order chi connectivity index (χ0) is 21.3. The van der Waals surface area contributed by atoms with Crippen LogP contribution in [0.4, 0.5) is 0 Å². The van der Waals surface area contributed by atoms with Crippen LogP contribution in [0, 0.1) is 0 Å². The van der Waals surface area contributed by atoms with E-state index in [0.29, 0.717) is 24.7 Å². The van der Waals surface area contributed by atoms with Crippen LogP contribution in [0.5, 0.6) is 17.2 Å². The Kier molecular flexibility index (Phi) is 7.69. The molecule has 0 radical (unpaired) electrons. The summed E-state index contributed by atoms with van der Waals surface area (Å²) in [5.74, 6) is 2.14. The zero-order valence-corrected chi connectivity index (χ0v) is 18.3. The summed E-state index contributed by atoms with van der Waals surface area (Å²) in [6.07, 6.45) is 4.38. The molecule has 0 fully saturated rings. The molecule has 0 spiro atoms. The quantitative estimate of drug-likeness (QED) is 0.288. The van der Waals surface area contributed by atoms with E-state index in [-0.39, 0.29) is 5.78 Å². The first-order valence-electron chi connectivity index (χ1n) is 9.97. The average molecular weight is 423 g/mol. The predicted molar refractivity (Wildman–Crippen MR) is 122 cm³/mol. The SMILES string of the molecule is CCOc1ccccc1OCc1cc(/C=C/C(=O)c2ccc(CC)s2)ccc1OC. The molecule has 1 aromatic heterocycles. The van der Waals surface area contributed by atoms with Crippen LogP contribution in [-0.2, 0) is 13.0 Å². The molecule has 1 heterocycles. The highest BCUT2D eigenvalue weighted by molar-refractivity contribution is 7.14. The van der Waals surface area contributed by atoms with Gasteiger partial charge in [0.25, 0.3) is 0 Å². The Morgan fingerprint density at radius 1 is 0.967 bits per heavy atom. The summed E-state index contributed by atoms with van der Waals surface area (Å²) < 4.78 is 17.1. The van der Waals surface area contributed by atoms with Crippen molar-refractivity contribution in [3.8, 4) is 17.2 Å². The summed E-state index contributed by atoms with van der Waals surface area (Å²) in [7, 11) is 1.63. The zero-order valence-electron chi connectivity index (χ0n) is 17.5. The third-order valence-corrected chi connectivity index (χ3v) is 5.76. The van der Waals surface area contributed by atoms with Gasteiger partial charge in [-0.1, -0.05) is 31.2 Å². The van der Waals surface area contributed by atoms with Crippen molar-refractivity contribution in [3.05, 3.63) is 81.6 Å². The van der Waals surface area contributed by atoms with Crippen molar-refractivity contribution >= 4 is 23.2 Å². The first-order valence-corrected chi connectivity index (χ1v) is 10.8. The third-order valence-electron chi connectivity index (χ3n) is 4.52. The highest BCUT2D eigenvalue weighted by Gasteiger charge is 2.09. The molecule has 30 heavy (non-hydrogen) atoms. The number of rotatable bonds is 10. The summed E-state index contributed by atoms with van der Waals surface area (Å²) in [4.78, 5) is 14.4. The van der Waals surface area contributed by atoms with E-state index in [0.717, 1.165) is 28.2 Å². The van der Waals surface area contributed by atoms with E-state index < -0.39 is 0 Å². The number of methoxy groups -OCH3 is 1. The number of benzene rings is 2. The molecule has 0 aliphatic rings. The Balaban J connectivity index is 1.74. The molecule has 4 nitrogen and oxygen atoms in total. The molecule has 0 aliphatic heterocycles. The molecule has 0 atom stereocenters. The maximum Gasteiger partial charge on any atom is 0.195 e. The van der Waals surface area contributed by atoms with Crippen molar-refractivity contribution in [1.29, 1.82) is 0 Å². The minimum Gasteiger partial charge on any atom is -0.496 e. The number of aryl methyl sites for hydroxylation is 1. The molecule has 0 amide bonds. The number of thiophene rings is 1. The van der Waals surface area contributed by atoms with Gasteiger partial charge in [-0.2, -0.15) is 0 Å². The summed E-state index contributed by atoms with van der Waals surface area (Å²) >= 11 is 1.54. The van der Waals surface area contributed by atoms with Gasteiger partial charge in [-0.15, -0.1) is 11.3 Å². The van der Waals surface area contributed by atoms with Crippen LogP contribution in [0.25, 0.3) is 6.08 Å². The lowest BCUT2D eigenvalue weighted by atomic mass is 10.1. The molecule has 0 saturated carbocycles. The fourth-order valence-electron chi connectivity index (χ4n) is 2.97. The first-order chi connectivity index (χ1) is 14.6. The van der Waals surface area contributed by atoms with Gasteiger partial charge in [0.1, 0.15) is 12.4 Å². The number of carbonyl (C=O) groups is 1. The van der Waals surface area contributed by atoms with E-state index in [1.807, 2.05) is 67.6 Å². The van der Waals surface area contributed by atoms with Crippen LogP contribution in [0.3, 0.4) is 0 Å². The van der Waals surface area contributed by atoms with Crippen molar-refractivity contribution in [2.45, 2.75) is 26.9 Å². The highest BCUT2D eigenvalue weighted by atomic mass is 32.1. The summed E-state index contributed by atoms with van der Waals surface area (Å²) in [6.45, 7) is 4.93. The van der Waals surface area contributed by atoms with Gasteiger partial charge >= 0.3 is 0 Å². The minimum atomic E-state index is 0.0129. The van der Waals surface area contributed by atoms with Crippen molar-refractivity contribution in [3.63, 3.8) is 0 Å². The summed E-state index contributed by atoms with van der Waals surface area (Å²) in [6, 6.07) is 17.3. The van der Waals surface area contributed by atoms with Gasteiger partial charge in [0.05, 0.1) is 18.6 Å². The molecule has 2 aromatic carbocycles. The summed E-state index contributed by atoms with van der Waals surface area (Å²) in [5, 5.41) is 0. The molecule has 0 unspecified atom stereocenters. The van der Waals surface area contributed by atoms with E-state index >= 15 is 0 Å². The molecule has 0 saturated heterocycles. The van der Waals surface area contributed by atoms with Crippen molar-refractivity contribution in [2.24, 2.45) is 0 Å². The molecular weight excluding hydrogens is 396 g/mol. The number of para-hydroxylation sites is 2. The number of carbonyl (C=O) groups excluding carboxylic acids is 1. The Bertz CT molecular complexity index is 1020. The average Bonchev–Trinajstić information content (AvgIpc) is 3.26.